The molecule has 2 aromatic carbocycles. The van der Waals surface area contributed by atoms with E-state index in [1.807, 2.05) is 5.32 Å². The highest BCUT2D eigenvalue weighted by Gasteiger charge is 2.68. The lowest BCUT2D eigenvalue weighted by molar-refractivity contribution is -0.196. The van der Waals surface area contributed by atoms with Crippen molar-refractivity contribution < 1.29 is 37.0 Å². The van der Waals surface area contributed by atoms with Crippen molar-refractivity contribution in [2.24, 2.45) is 0 Å². The predicted octanol–water partition coefficient (Wildman–Crippen LogP) is 2.34. The van der Waals surface area contributed by atoms with Crippen molar-refractivity contribution >= 4 is 29.2 Å². The molecule has 0 saturated carbocycles. The standard InChI is InChI=1S/C23H18ClF3N4O7/c1-36-13-8-10(9-14(37-2)16(13)38-3)18(32)30-22(23(25,26)27)15-17(28-20(22)34)31(21(35)29-19(15)33)12-6-4-11(24)5-7-12/h4-9H,1-3H3,(H,28,34)(H,30,32)(H,29,33,35). The first-order valence-corrected chi connectivity index (χ1v) is 10.9. The van der Waals surface area contributed by atoms with Gasteiger partial charge in [-0.25, -0.2) is 9.36 Å². The summed E-state index contributed by atoms with van der Waals surface area (Å²) in [4.78, 5) is 53.4. The molecular formula is C23H18ClF3N4O7. The van der Waals surface area contributed by atoms with Crippen molar-refractivity contribution in [2.75, 3.05) is 26.6 Å². The number of ether oxygens (including phenoxy) is 3. The molecule has 38 heavy (non-hydrogen) atoms. The van der Waals surface area contributed by atoms with Gasteiger partial charge >= 0.3 is 11.9 Å². The van der Waals surface area contributed by atoms with Gasteiger partial charge in [0.25, 0.3) is 22.9 Å². The molecule has 200 valence electrons. The molecule has 2 heterocycles. The quantitative estimate of drug-likeness (QED) is 0.425. The Labute approximate surface area is 216 Å². The Morgan fingerprint density at radius 3 is 2.08 bits per heavy atom. The van der Waals surface area contributed by atoms with Crippen LogP contribution < -0.4 is 36.1 Å². The molecule has 11 nitrogen and oxygen atoms in total. The van der Waals surface area contributed by atoms with E-state index in [1.54, 1.807) is 10.3 Å². The number of benzene rings is 2. The summed E-state index contributed by atoms with van der Waals surface area (Å²) >= 11 is 5.85. The minimum Gasteiger partial charge on any atom is -0.493 e. The fourth-order valence-corrected chi connectivity index (χ4v) is 4.20. The van der Waals surface area contributed by atoms with Crippen molar-refractivity contribution in [1.29, 1.82) is 0 Å². The highest BCUT2D eigenvalue weighted by molar-refractivity contribution is 6.30. The molecule has 1 atom stereocenters. The molecule has 0 aliphatic carbocycles. The minimum absolute atomic E-state index is 0.0128. The molecule has 1 aliphatic heterocycles. The lowest BCUT2D eigenvalue weighted by Gasteiger charge is -2.30. The fourth-order valence-electron chi connectivity index (χ4n) is 4.07. The number of alkyl halides is 3. The number of halogens is 4. The van der Waals surface area contributed by atoms with Crippen LogP contribution in [-0.4, -0.2) is 48.9 Å². The lowest BCUT2D eigenvalue weighted by atomic mass is 9.91. The number of hydrogen-bond donors (Lipinski definition) is 3. The molecule has 0 bridgehead atoms. The van der Waals surface area contributed by atoms with Crippen molar-refractivity contribution in [3.05, 3.63) is 73.4 Å². The average molecular weight is 555 g/mol. The van der Waals surface area contributed by atoms with Crippen LogP contribution in [0.15, 0.2) is 46.0 Å². The number of amides is 2. The van der Waals surface area contributed by atoms with Gasteiger partial charge in [0, 0.05) is 10.6 Å². The van der Waals surface area contributed by atoms with Crippen LogP contribution >= 0.6 is 11.6 Å². The van der Waals surface area contributed by atoms with Crippen LogP contribution in [0.5, 0.6) is 17.2 Å². The molecule has 0 fully saturated rings. The van der Waals surface area contributed by atoms with Crippen LogP contribution in [-0.2, 0) is 10.3 Å². The maximum atomic E-state index is 14.7. The van der Waals surface area contributed by atoms with Crippen LogP contribution in [0, 0.1) is 0 Å². The summed E-state index contributed by atoms with van der Waals surface area (Å²) in [7, 11) is 3.74. The Balaban J connectivity index is 1.94. The van der Waals surface area contributed by atoms with Gasteiger partial charge in [-0.2, -0.15) is 13.2 Å². The van der Waals surface area contributed by atoms with Gasteiger partial charge in [-0.1, -0.05) is 11.6 Å². The Hall–Kier alpha value is -4.46. The van der Waals surface area contributed by atoms with Gasteiger partial charge in [-0.05, 0) is 36.4 Å². The van der Waals surface area contributed by atoms with Gasteiger partial charge < -0.3 is 24.8 Å². The largest absolute Gasteiger partial charge is 0.493 e. The average Bonchev–Trinajstić information content (AvgIpc) is 3.16. The van der Waals surface area contributed by atoms with Gasteiger partial charge in [-0.3, -0.25) is 19.4 Å². The molecule has 1 aromatic heterocycles. The van der Waals surface area contributed by atoms with Crippen molar-refractivity contribution in [3.8, 4) is 22.9 Å². The van der Waals surface area contributed by atoms with E-state index in [0.29, 0.717) is 4.57 Å². The molecule has 3 aromatic rings. The second-order valence-electron chi connectivity index (χ2n) is 7.86. The van der Waals surface area contributed by atoms with Gasteiger partial charge in [0.15, 0.2) is 11.5 Å². The third kappa shape index (κ3) is 4.02. The zero-order chi connectivity index (χ0) is 28.0. The summed E-state index contributed by atoms with van der Waals surface area (Å²) in [5.74, 6) is -4.03. The molecule has 1 aliphatic rings. The predicted molar refractivity (Wildman–Crippen MR) is 128 cm³/mol. The Morgan fingerprint density at radius 2 is 1.58 bits per heavy atom. The van der Waals surface area contributed by atoms with E-state index >= 15 is 0 Å². The maximum Gasteiger partial charge on any atom is 0.425 e. The second kappa shape index (κ2) is 9.45. The first-order chi connectivity index (χ1) is 17.9. The Kier molecular flexibility index (Phi) is 6.61. The van der Waals surface area contributed by atoms with Crippen LogP contribution in [0.4, 0.5) is 19.0 Å². The number of aromatic amines is 1. The Morgan fingerprint density at radius 1 is 1.00 bits per heavy atom. The second-order valence-corrected chi connectivity index (χ2v) is 8.30. The number of fused-ring (bicyclic) bond motifs is 1. The van der Waals surface area contributed by atoms with Crippen molar-refractivity contribution in [1.82, 2.24) is 14.9 Å². The van der Waals surface area contributed by atoms with Crippen molar-refractivity contribution in [2.45, 2.75) is 11.7 Å². The maximum absolute atomic E-state index is 14.7. The number of nitrogens with zero attached hydrogens (tertiary/aromatic N) is 1. The summed E-state index contributed by atoms with van der Waals surface area (Å²) < 4.78 is 60.1. The molecule has 4 rings (SSSR count). The van der Waals surface area contributed by atoms with Gasteiger partial charge in [0.1, 0.15) is 11.4 Å². The number of carbonyl (C=O) groups excluding carboxylic acids is 2. The summed E-state index contributed by atoms with van der Waals surface area (Å²) in [5.41, 5.74) is -8.19. The number of hydrogen-bond acceptors (Lipinski definition) is 7. The SMILES string of the molecule is COc1cc(C(=O)NC2(C(F)(F)F)C(=O)Nc3c2c(=O)[nH]c(=O)n3-c2ccc(Cl)cc2)cc(OC)c1OC. The monoisotopic (exact) mass is 554 g/mol. The molecule has 3 N–H and O–H groups in total. The zero-order valence-corrected chi connectivity index (χ0v) is 20.5. The van der Waals surface area contributed by atoms with Crippen LogP contribution in [0.2, 0.25) is 5.02 Å². The number of methoxy groups -OCH3 is 3. The van der Waals surface area contributed by atoms with Crippen LogP contribution in [0.1, 0.15) is 15.9 Å². The molecule has 15 heteroatoms. The third-order valence-corrected chi connectivity index (χ3v) is 6.05. The molecular weight excluding hydrogens is 537 g/mol. The number of carbonyl (C=O) groups is 2. The van der Waals surface area contributed by atoms with E-state index in [4.69, 9.17) is 25.8 Å². The van der Waals surface area contributed by atoms with E-state index in [2.05, 4.69) is 0 Å². The highest BCUT2D eigenvalue weighted by atomic mass is 35.5. The number of rotatable bonds is 6. The van der Waals surface area contributed by atoms with Gasteiger partial charge in [0.05, 0.1) is 27.0 Å². The zero-order valence-electron chi connectivity index (χ0n) is 19.8. The topological polar surface area (TPSA) is 141 Å². The molecule has 1 unspecified atom stereocenters. The van der Waals surface area contributed by atoms with Crippen LogP contribution in [0.25, 0.3) is 5.69 Å². The third-order valence-electron chi connectivity index (χ3n) is 5.80. The lowest BCUT2D eigenvalue weighted by Crippen LogP contribution is -2.62. The van der Waals surface area contributed by atoms with E-state index in [0.717, 1.165) is 12.1 Å². The Bertz CT molecular complexity index is 1540. The normalized spacial score (nSPS) is 16.4. The highest BCUT2D eigenvalue weighted by Crippen LogP contribution is 2.46. The van der Waals surface area contributed by atoms with Gasteiger partial charge in [0.2, 0.25) is 5.75 Å². The van der Waals surface area contributed by atoms with E-state index < -0.39 is 51.7 Å². The van der Waals surface area contributed by atoms with Crippen molar-refractivity contribution in [3.63, 3.8) is 0 Å². The number of H-pyrrole nitrogens is 1. The van der Waals surface area contributed by atoms with E-state index in [-0.39, 0.29) is 28.0 Å². The molecule has 2 amide bonds. The summed E-state index contributed by atoms with van der Waals surface area (Å²) in [5, 5.41) is 3.86. The molecule has 0 radical (unpaired) electrons. The van der Waals surface area contributed by atoms with E-state index in [1.165, 1.54) is 45.6 Å². The van der Waals surface area contributed by atoms with Crippen LogP contribution in [0.3, 0.4) is 0 Å². The number of anilines is 1. The minimum atomic E-state index is -5.53. The van der Waals surface area contributed by atoms with Gasteiger partial charge in [-0.15, -0.1) is 0 Å². The molecule has 0 saturated heterocycles. The fraction of sp³-hybridized carbons (Fsp3) is 0.217. The summed E-state index contributed by atoms with van der Waals surface area (Å²) in [6.45, 7) is 0. The smallest absolute Gasteiger partial charge is 0.425 e. The first kappa shape index (κ1) is 26.6. The number of nitrogens with one attached hydrogen (secondary N) is 3. The summed E-state index contributed by atoms with van der Waals surface area (Å²) in [6.07, 6.45) is -5.53. The first-order valence-electron chi connectivity index (χ1n) is 10.6. The molecule has 0 spiro atoms. The number of aromatic nitrogens is 2. The summed E-state index contributed by atoms with van der Waals surface area (Å²) in [6, 6.07) is 7.40. The van der Waals surface area contributed by atoms with E-state index in [9.17, 15) is 32.3 Å².